The fraction of sp³-hybridized carbons (Fsp3) is 0.867. The lowest BCUT2D eigenvalue weighted by atomic mass is 9.99. The lowest BCUT2D eigenvalue weighted by molar-refractivity contribution is -0.128. The van der Waals surface area contributed by atoms with Gasteiger partial charge in [0.1, 0.15) is 0 Å². The Kier molecular flexibility index (Phi) is 7.51. The first-order valence-electron chi connectivity index (χ1n) is 7.47. The average Bonchev–Trinajstić information content (AvgIpc) is 2.72. The van der Waals surface area contributed by atoms with Crippen LogP contribution in [0.15, 0.2) is 0 Å². The molecule has 0 aromatic carbocycles. The van der Waals surface area contributed by atoms with E-state index in [9.17, 15) is 9.59 Å². The minimum Gasteiger partial charge on any atom is -0.342 e. The summed E-state index contributed by atoms with van der Waals surface area (Å²) in [6.07, 6.45) is 5.48. The van der Waals surface area contributed by atoms with Crippen LogP contribution in [0.3, 0.4) is 0 Å². The molecule has 0 saturated carbocycles. The van der Waals surface area contributed by atoms with E-state index in [-0.39, 0.29) is 11.0 Å². The Labute approximate surface area is 121 Å². The highest BCUT2D eigenvalue weighted by atomic mass is 32.2. The van der Waals surface area contributed by atoms with Crippen LogP contribution in [-0.2, 0) is 9.59 Å². The lowest BCUT2D eigenvalue weighted by Crippen LogP contribution is -2.31. The van der Waals surface area contributed by atoms with E-state index < -0.39 is 0 Å². The van der Waals surface area contributed by atoms with Crippen molar-refractivity contribution in [2.75, 3.05) is 18.8 Å². The number of hydrogen-bond acceptors (Lipinski definition) is 3. The van der Waals surface area contributed by atoms with Gasteiger partial charge in [-0.05, 0) is 18.3 Å². The van der Waals surface area contributed by atoms with Gasteiger partial charge in [0.15, 0.2) is 5.12 Å². The second-order valence-corrected chi connectivity index (χ2v) is 6.78. The van der Waals surface area contributed by atoms with Crippen LogP contribution in [0.4, 0.5) is 0 Å². The van der Waals surface area contributed by atoms with Gasteiger partial charge in [0.25, 0.3) is 0 Å². The number of rotatable bonds is 8. The fourth-order valence-electron chi connectivity index (χ4n) is 2.61. The van der Waals surface area contributed by atoms with Gasteiger partial charge in [0.05, 0.1) is 0 Å². The summed E-state index contributed by atoms with van der Waals surface area (Å²) in [4.78, 5) is 25.0. The summed E-state index contributed by atoms with van der Waals surface area (Å²) in [7, 11) is 0. The van der Waals surface area contributed by atoms with Crippen LogP contribution in [0.1, 0.15) is 52.9 Å². The van der Waals surface area contributed by atoms with Crippen molar-refractivity contribution in [3.05, 3.63) is 0 Å². The monoisotopic (exact) mass is 285 g/mol. The molecule has 0 bridgehead atoms. The van der Waals surface area contributed by atoms with Gasteiger partial charge < -0.3 is 4.90 Å². The molecule has 1 rings (SSSR count). The maximum Gasteiger partial charge on any atom is 0.222 e. The summed E-state index contributed by atoms with van der Waals surface area (Å²) in [5.41, 5.74) is 0. The molecule has 1 heterocycles. The van der Waals surface area contributed by atoms with Crippen LogP contribution in [0.5, 0.6) is 0 Å². The van der Waals surface area contributed by atoms with Crippen molar-refractivity contribution in [3.63, 3.8) is 0 Å². The van der Waals surface area contributed by atoms with Crippen molar-refractivity contribution >= 4 is 22.8 Å². The molecule has 1 saturated heterocycles. The molecule has 0 N–H and O–H groups in total. The molecule has 0 aromatic heterocycles. The second kappa shape index (κ2) is 8.62. The van der Waals surface area contributed by atoms with Crippen LogP contribution in [-0.4, -0.2) is 34.8 Å². The van der Waals surface area contributed by atoms with E-state index in [2.05, 4.69) is 13.8 Å². The summed E-state index contributed by atoms with van der Waals surface area (Å²) in [6, 6.07) is 0. The van der Waals surface area contributed by atoms with E-state index >= 15 is 0 Å². The number of thioether (sulfide) groups is 1. The van der Waals surface area contributed by atoms with Gasteiger partial charge in [-0.3, -0.25) is 9.59 Å². The van der Waals surface area contributed by atoms with E-state index in [0.717, 1.165) is 25.3 Å². The molecule has 1 fully saturated rings. The third kappa shape index (κ3) is 5.98. The number of hydrogen-bond donors (Lipinski definition) is 0. The molecule has 2 atom stereocenters. The third-order valence-electron chi connectivity index (χ3n) is 3.84. The van der Waals surface area contributed by atoms with E-state index in [1.165, 1.54) is 31.0 Å². The first-order valence-corrected chi connectivity index (χ1v) is 8.46. The summed E-state index contributed by atoms with van der Waals surface area (Å²) in [5.74, 6) is 2.08. The summed E-state index contributed by atoms with van der Waals surface area (Å²) < 4.78 is 0. The van der Waals surface area contributed by atoms with Gasteiger partial charge in [-0.25, -0.2) is 0 Å². The van der Waals surface area contributed by atoms with Crippen LogP contribution in [0.2, 0.25) is 0 Å². The van der Waals surface area contributed by atoms with Crippen LogP contribution in [0, 0.1) is 11.8 Å². The van der Waals surface area contributed by atoms with Gasteiger partial charge in [-0.15, -0.1) is 0 Å². The van der Waals surface area contributed by atoms with Gasteiger partial charge in [-0.1, -0.05) is 44.9 Å². The number of unbranched alkanes of at least 4 members (excludes halogenated alkanes) is 1. The Morgan fingerprint density at radius 1 is 1.47 bits per heavy atom. The maximum atomic E-state index is 12.0. The Balaban J connectivity index is 2.37. The number of nitrogens with zero attached hydrogens (tertiary/aromatic N) is 1. The maximum absolute atomic E-state index is 12.0. The van der Waals surface area contributed by atoms with Gasteiger partial charge in [0.2, 0.25) is 5.91 Å². The molecule has 1 amide bonds. The number of carbonyl (C=O) groups is 2. The number of likely N-dealkylation sites (tertiary alicyclic amines) is 1. The molecule has 19 heavy (non-hydrogen) atoms. The zero-order valence-electron chi connectivity index (χ0n) is 12.5. The zero-order valence-corrected chi connectivity index (χ0v) is 13.3. The van der Waals surface area contributed by atoms with Crippen molar-refractivity contribution in [1.29, 1.82) is 0 Å². The van der Waals surface area contributed by atoms with Gasteiger partial charge in [0, 0.05) is 32.2 Å². The molecule has 0 spiro atoms. The Hall–Kier alpha value is -0.510. The molecule has 0 aromatic rings. The Bertz CT molecular complexity index is 307. The molecule has 4 heteroatoms. The molecule has 2 unspecified atom stereocenters. The molecule has 1 aliphatic heterocycles. The van der Waals surface area contributed by atoms with Crippen LogP contribution in [0.25, 0.3) is 0 Å². The van der Waals surface area contributed by atoms with E-state index in [0.29, 0.717) is 18.3 Å². The predicted octanol–water partition coefficient (Wildman–Crippen LogP) is 3.33. The van der Waals surface area contributed by atoms with E-state index in [1.807, 2.05) is 4.90 Å². The topological polar surface area (TPSA) is 37.4 Å². The molecular formula is C15H27NO2S. The first-order chi connectivity index (χ1) is 9.06. The van der Waals surface area contributed by atoms with Gasteiger partial charge in [-0.2, -0.15) is 0 Å². The fourth-order valence-corrected chi connectivity index (χ4v) is 3.30. The molecule has 110 valence electrons. The van der Waals surface area contributed by atoms with Crippen molar-refractivity contribution in [1.82, 2.24) is 4.90 Å². The van der Waals surface area contributed by atoms with Crippen LogP contribution >= 0.6 is 11.8 Å². The van der Waals surface area contributed by atoms with Crippen molar-refractivity contribution < 1.29 is 9.59 Å². The van der Waals surface area contributed by atoms with Gasteiger partial charge >= 0.3 is 0 Å². The first kappa shape index (κ1) is 16.5. The summed E-state index contributed by atoms with van der Waals surface area (Å²) >= 11 is 1.35. The molecule has 1 aliphatic rings. The standard InChI is InChI=1S/C15H27NO2S/c1-4-6-7-13(5-2)9-16-10-14(8-15(16)18)11-19-12(3)17/h13-14H,4-11H2,1-3H3. The second-order valence-electron chi connectivity index (χ2n) is 5.59. The molecule has 0 radical (unpaired) electrons. The molecule has 3 nitrogen and oxygen atoms in total. The third-order valence-corrected chi connectivity index (χ3v) is 4.88. The SMILES string of the molecule is CCCCC(CC)CN1CC(CSC(C)=O)CC1=O. The Morgan fingerprint density at radius 3 is 2.79 bits per heavy atom. The zero-order chi connectivity index (χ0) is 14.3. The summed E-state index contributed by atoms with van der Waals surface area (Å²) in [5, 5.41) is 0.153. The van der Waals surface area contributed by atoms with Crippen LogP contribution < -0.4 is 0 Å². The minimum atomic E-state index is 0.153. The molecule has 0 aliphatic carbocycles. The quantitative estimate of drug-likeness (QED) is 0.686. The van der Waals surface area contributed by atoms with Crippen molar-refractivity contribution in [3.8, 4) is 0 Å². The molecular weight excluding hydrogens is 258 g/mol. The predicted molar refractivity (Wildman–Crippen MR) is 81.1 cm³/mol. The summed E-state index contributed by atoms with van der Waals surface area (Å²) in [6.45, 7) is 7.78. The minimum absolute atomic E-state index is 0.153. The smallest absolute Gasteiger partial charge is 0.222 e. The highest BCUT2D eigenvalue weighted by Crippen LogP contribution is 2.24. The average molecular weight is 285 g/mol. The number of carbonyl (C=O) groups excluding carboxylic acids is 2. The van der Waals surface area contributed by atoms with Crippen molar-refractivity contribution in [2.24, 2.45) is 11.8 Å². The van der Waals surface area contributed by atoms with E-state index in [1.54, 1.807) is 6.92 Å². The highest BCUT2D eigenvalue weighted by molar-refractivity contribution is 8.13. The van der Waals surface area contributed by atoms with E-state index in [4.69, 9.17) is 0 Å². The largest absolute Gasteiger partial charge is 0.342 e. The number of amides is 1. The lowest BCUT2D eigenvalue weighted by Gasteiger charge is -2.23. The highest BCUT2D eigenvalue weighted by Gasteiger charge is 2.30. The Morgan fingerprint density at radius 2 is 2.21 bits per heavy atom. The van der Waals surface area contributed by atoms with Crippen molar-refractivity contribution in [2.45, 2.75) is 52.9 Å². The normalized spacial score (nSPS) is 20.9.